The van der Waals surface area contributed by atoms with Crippen LogP contribution in [0.25, 0.3) is 0 Å². The van der Waals surface area contributed by atoms with Crippen LogP contribution in [-0.4, -0.2) is 42.7 Å². The number of benzene rings is 1. The van der Waals surface area contributed by atoms with Crippen molar-refractivity contribution < 1.29 is 9.94 Å². The summed E-state index contributed by atoms with van der Waals surface area (Å²) in [6.07, 6.45) is 2.64. The Bertz CT molecular complexity index is 504. The first kappa shape index (κ1) is 16.1. The molecule has 1 aliphatic carbocycles. The molecular formula is C15H22ClN3O2. The molecule has 1 fully saturated rings. The predicted molar refractivity (Wildman–Crippen MR) is 83.8 cm³/mol. The fraction of sp³-hybridized carbons (Fsp3) is 0.533. The summed E-state index contributed by atoms with van der Waals surface area (Å²) in [5.74, 6) is 0.862. The van der Waals surface area contributed by atoms with Crippen molar-refractivity contribution in [2.75, 3.05) is 26.8 Å². The Balaban J connectivity index is 1.80. The van der Waals surface area contributed by atoms with Crippen molar-refractivity contribution in [1.29, 1.82) is 0 Å². The number of nitrogens with two attached hydrogens (primary N) is 1. The van der Waals surface area contributed by atoms with Gasteiger partial charge in [0.25, 0.3) is 0 Å². The number of halogens is 1. The number of ether oxygens (including phenoxy) is 1. The van der Waals surface area contributed by atoms with Gasteiger partial charge in [-0.1, -0.05) is 28.9 Å². The highest BCUT2D eigenvalue weighted by Crippen LogP contribution is 2.28. The third-order valence-corrected chi connectivity index (χ3v) is 3.92. The molecule has 0 heterocycles. The lowest BCUT2D eigenvalue weighted by Crippen LogP contribution is -2.23. The van der Waals surface area contributed by atoms with Crippen molar-refractivity contribution in [3.05, 3.63) is 34.3 Å². The molecule has 6 heteroatoms. The van der Waals surface area contributed by atoms with Crippen LogP contribution in [0.5, 0.6) is 0 Å². The Morgan fingerprint density at radius 1 is 1.52 bits per heavy atom. The molecule has 116 valence electrons. The summed E-state index contributed by atoms with van der Waals surface area (Å²) in [7, 11) is 2.04. The van der Waals surface area contributed by atoms with E-state index in [1.54, 1.807) is 12.1 Å². The van der Waals surface area contributed by atoms with E-state index in [1.165, 1.54) is 12.8 Å². The highest BCUT2D eigenvalue weighted by atomic mass is 35.5. The smallest absolute Gasteiger partial charge is 0.170 e. The number of amidine groups is 1. The number of hydrogen-bond acceptors (Lipinski definition) is 4. The third-order valence-electron chi connectivity index (χ3n) is 3.56. The van der Waals surface area contributed by atoms with Gasteiger partial charge in [-0.15, -0.1) is 0 Å². The van der Waals surface area contributed by atoms with Gasteiger partial charge >= 0.3 is 0 Å². The SMILES string of the molecule is CN(CCOCC1CC1)Cc1ccc(/C(N)=N/O)cc1Cl. The molecule has 0 saturated heterocycles. The third kappa shape index (κ3) is 5.19. The van der Waals surface area contributed by atoms with E-state index in [4.69, 9.17) is 27.3 Å². The highest BCUT2D eigenvalue weighted by molar-refractivity contribution is 6.31. The zero-order chi connectivity index (χ0) is 15.2. The zero-order valence-corrected chi connectivity index (χ0v) is 13.0. The molecule has 5 nitrogen and oxygen atoms in total. The lowest BCUT2D eigenvalue weighted by molar-refractivity contribution is 0.102. The van der Waals surface area contributed by atoms with Crippen molar-refractivity contribution in [2.24, 2.45) is 16.8 Å². The highest BCUT2D eigenvalue weighted by Gasteiger charge is 2.20. The van der Waals surface area contributed by atoms with Crippen LogP contribution in [0.15, 0.2) is 23.4 Å². The predicted octanol–water partition coefficient (Wildman–Crippen LogP) is 2.29. The van der Waals surface area contributed by atoms with Gasteiger partial charge in [-0.05, 0) is 37.4 Å². The van der Waals surface area contributed by atoms with Crippen molar-refractivity contribution in [1.82, 2.24) is 4.90 Å². The van der Waals surface area contributed by atoms with Crippen LogP contribution >= 0.6 is 11.6 Å². The van der Waals surface area contributed by atoms with Crippen molar-refractivity contribution >= 4 is 17.4 Å². The van der Waals surface area contributed by atoms with E-state index in [0.717, 1.165) is 37.8 Å². The molecule has 0 atom stereocenters. The van der Waals surface area contributed by atoms with Crippen LogP contribution in [0.4, 0.5) is 0 Å². The normalized spacial score (nSPS) is 15.7. The molecule has 0 aromatic heterocycles. The zero-order valence-electron chi connectivity index (χ0n) is 12.3. The number of nitrogens with zero attached hydrogens (tertiary/aromatic N) is 2. The van der Waals surface area contributed by atoms with Crippen molar-refractivity contribution in [3.8, 4) is 0 Å². The second-order valence-electron chi connectivity index (χ2n) is 5.55. The molecule has 0 radical (unpaired) electrons. The van der Waals surface area contributed by atoms with Crippen LogP contribution in [-0.2, 0) is 11.3 Å². The number of likely N-dealkylation sites (N-methyl/N-ethyl adjacent to an activating group) is 1. The molecule has 0 amide bonds. The molecule has 0 aliphatic heterocycles. The van der Waals surface area contributed by atoms with Crippen molar-refractivity contribution in [2.45, 2.75) is 19.4 Å². The van der Waals surface area contributed by atoms with E-state index in [2.05, 4.69) is 10.1 Å². The maximum atomic E-state index is 8.66. The summed E-state index contributed by atoms with van der Waals surface area (Å²) >= 11 is 6.24. The molecule has 0 bridgehead atoms. The Morgan fingerprint density at radius 2 is 2.29 bits per heavy atom. The summed E-state index contributed by atoms with van der Waals surface area (Å²) in [5, 5.41) is 12.2. The number of hydrogen-bond donors (Lipinski definition) is 2. The van der Waals surface area contributed by atoms with Gasteiger partial charge in [0.2, 0.25) is 0 Å². The van der Waals surface area contributed by atoms with Gasteiger partial charge in [0.05, 0.1) is 6.61 Å². The van der Waals surface area contributed by atoms with E-state index < -0.39 is 0 Å². The molecular weight excluding hydrogens is 290 g/mol. The quantitative estimate of drug-likeness (QED) is 0.254. The van der Waals surface area contributed by atoms with Gasteiger partial charge < -0.3 is 15.7 Å². The minimum atomic E-state index is 0.0604. The molecule has 1 aliphatic rings. The first-order valence-corrected chi connectivity index (χ1v) is 7.50. The monoisotopic (exact) mass is 311 g/mol. The van der Waals surface area contributed by atoms with E-state index in [0.29, 0.717) is 10.6 Å². The standard InChI is InChI=1S/C15H22ClN3O2/c1-19(6-7-21-10-11-2-3-11)9-13-5-4-12(8-14(13)16)15(17)18-20/h4-5,8,11,20H,2-3,6-7,9-10H2,1H3,(H2,17,18). The van der Waals surface area contributed by atoms with Crippen LogP contribution in [0.3, 0.4) is 0 Å². The van der Waals surface area contributed by atoms with Gasteiger partial charge in [0.1, 0.15) is 0 Å². The van der Waals surface area contributed by atoms with E-state index in [-0.39, 0.29) is 5.84 Å². The van der Waals surface area contributed by atoms with Gasteiger partial charge in [-0.2, -0.15) is 0 Å². The minimum Gasteiger partial charge on any atom is -0.409 e. The summed E-state index contributed by atoms with van der Waals surface area (Å²) in [6.45, 7) is 3.24. The summed E-state index contributed by atoms with van der Waals surface area (Å²) in [5.41, 5.74) is 7.16. The Kier molecular flexibility index (Phi) is 5.85. The average molecular weight is 312 g/mol. The average Bonchev–Trinajstić information content (AvgIpc) is 3.29. The van der Waals surface area contributed by atoms with Gasteiger partial charge in [0.15, 0.2) is 5.84 Å². The first-order chi connectivity index (χ1) is 10.1. The van der Waals surface area contributed by atoms with Crippen LogP contribution < -0.4 is 5.73 Å². The molecule has 2 rings (SSSR count). The second kappa shape index (κ2) is 7.64. The van der Waals surface area contributed by atoms with E-state index >= 15 is 0 Å². The lowest BCUT2D eigenvalue weighted by atomic mass is 10.1. The molecule has 1 aromatic carbocycles. The maximum Gasteiger partial charge on any atom is 0.170 e. The number of rotatable bonds is 8. The molecule has 3 N–H and O–H groups in total. The molecule has 21 heavy (non-hydrogen) atoms. The topological polar surface area (TPSA) is 71.1 Å². The summed E-state index contributed by atoms with van der Waals surface area (Å²) in [6, 6.07) is 5.41. The largest absolute Gasteiger partial charge is 0.409 e. The summed E-state index contributed by atoms with van der Waals surface area (Å²) in [4.78, 5) is 2.16. The lowest BCUT2D eigenvalue weighted by Gasteiger charge is -2.17. The van der Waals surface area contributed by atoms with E-state index in [9.17, 15) is 0 Å². The summed E-state index contributed by atoms with van der Waals surface area (Å²) < 4.78 is 5.63. The Labute approximate surface area is 130 Å². The van der Waals surface area contributed by atoms with Gasteiger partial charge in [-0.3, -0.25) is 4.90 Å². The number of oxime groups is 1. The van der Waals surface area contributed by atoms with Gasteiger partial charge in [0, 0.05) is 30.3 Å². The maximum absolute atomic E-state index is 8.66. The van der Waals surface area contributed by atoms with Crippen LogP contribution in [0, 0.1) is 5.92 Å². The molecule has 1 saturated carbocycles. The van der Waals surface area contributed by atoms with Crippen LogP contribution in [0.1, 0.15) is 24.0 Å². The molecule has 0 spiro atoms. The Morgan fingerprint density at radius 3 is 2.90 bits per heavy atom. The van der Waals surface area contributed by atoms with Gasteiger partial charge in [-0.25, -0.2) is 0 Å². The first-order valence-electron chi connectivity index (χ1n) is 7.12. The fourth-order valence-electron chi connectivity index (χ4n) is 2.02. The van der Waals surface area contributed by atoms with Crippen molar-refractivity contribution in [3.63, 3.8) is 0 Å². The molecule has 1 aromatic rings. The fourth-order valence-corrected chi connectivity index (χ4v) is 2.26. The Hall–Kier alpha value is -1.30. The molecule has 0 unspecified atom stereocenters. The minimum absolute atomic E-state index is 0.0604. The second-order valence-corrected chi connectivity index (χ2v) is 5.95. The van der Waals surface area contributed by atoms with Crippen LogP contribution in [0.2, 0.25) is 5.02 Å². The van der Waals surface area contributed by atoms with E-state index in [1.807, 2.05) is 13.1 Å².